The molecule has 0 fully saturated rings. The Morgan fingerprint density at radius 1 is 1.33 bits per heavy atom. The monoisotopic (exact) mass is 278 g/mol. The average molecular weight is 278 g/mol. The van der Waals surface area contributed by atoms with E-state index in [9.17, 15) is 18.0 Å². The molecule has 1 aromatic heterocycles. The van der Waals surface area contributed by atoms with Crippen LogP contribution in [-0.2, 0) is 23.8 Å². The number of carboxylic acid groups (broad SMARTS) is 1. The molecule has 0 aliphatic heterocycles. The average Bonchev–Trinajstić information content (AvgIpc) is 2.71. The minimum atomic E-state index is -4.52. The van der Waals surface area contributed by atoms with Crippen molar-refractivity contribution in [3.63, 3.8) is 0 Å². The molecule has 0 atom stereocenters. The highest BCUT2D eigenvalue weighted by Gasteiger charge is 2.38. The molecule has 0 bridgehead atoms. The quantitative estimate of drug-likeness (QED) is 0.678. The fourth-order valence-corrected chi connectivity index (χ4v) is 2.42. The number of halogens is 3. The number of carbonyl (C=O) groups is 1. The Hall–Kier alpha value is -1.31. The zero-order chi connectivity index (χ0) is 13.3. The van der Waals surface area contributed by atoms with Crippen LogP contribution in [0.15, 0.2) is 5.16 Å². The Bertz CT molecular complexity index is 491. The maximum atomic E-state index is 12.8. The van der Waals surface area contributed by atoms with Gasteiger partial charge in [0.25, 0.3) is 0 Å². The van der Waals surface area contributed by atoms with Crippen LogP contribution in [0.4, 0.5) is 13.2 Å². The summed E-state index contributed by atoms with van der Waals surface area (Å²) in [5, 5.41) is 8.38. The summed E-state index contributed by atoms with van der Waals surface area (Å²) in [6.07, 6.45) is -3.08. The first-order valence-corrected chi connectivity index (χ1v) is 6.18. The molecule has 1 aliphatic rings. The lowest BCUT2D eigenvalue weighted by atomic mass is 10.2. The highest BCUT2D eigenvalue weighted by Crippen LogP contribution is 2.36. The van der Waals surface area contributed by atoms with Gasteiger partial charge in [0, 0.05) is 11.3 Å². The number of thioether (sulfide) groups is 1. The van der Waals surface area contributed by atoms with Crippen molar-refractivity contribution in [1.29, 1.82) is 0 Å². The van der Waals surface area contributed by atoms with Gasteiger partial charge in [-0.2, -0.15) is 13.2 Å². The van der Waals surface area contributed by atoms with Crippen LogP contribution < -0.4 is 0 Å². The van der Waals surface area contributed by atoms with E-state index in [0.29, 0.717) is 36.7 Å². The molecule has 8 heteroatoms. The van der Waals surface area contributed by atoms with Gasteiger partial charge in [0.05, 0.1) is 5.75 Å². The molecule has 1 heterocycles. The highest BCUT2D eigenvalue weighted by molar-refractivity contribution is 7.99. The van der Waals surface area contributed by atoms with Gasteiger partial charge in [-0.1, -0.05) is 11.8 Å². The molecule has 0 radical (unpaired) electrons. The molecule has 0 saturated heterocycles. The number of aryl methyl sites for hydroxylation is 1. The van der Waals surface area contributed by atoms with Crippen molar-refractivity contribution >= 4 is 17.7 Å². The van der Waals surface area contributed by atoms with Crippen molar-refractivity contribution in [3.8, 4) is 0 Å². The van der Waals surface area contributed by atoms with E-state index in [1.54, 1.807) is 0 Å². The van der Waals surface area contributed by atoms with E-state index in [1.165, 1.54) is 0 Å². The molecule has 98 valence electrons. The van der Waals surface area contributed by atoms with Crippen molar-refractivity contribution in [1.82, 2.24) is 9.97 Å². The van der Waals surface area contributed by atoms with E-state index in [-0.39, 0.29) is 16.5 Å². The third-order valence-corrected chi connectivity index (χ3v) is 3.34. The number of alkyl halides is 3. The van der Waals surface area contributed by atoms with Gasteiger partial charge in [-0.05, 0) is 19.3 Å². The number of aromatic nitrogens is 2. The summed E-state index contributed by atoms with van der Waals surface area (Å²) in [5.41, 5.74) is -0.370. The maximum absolute atomic E-state index is 12.8. The van der Waals surface area contributed by atoms with Gasteiger partial charge in [0.2, 0.25) is 0 Å². The minimum absolute atomic E-state index is 0.120. The number of hydrogen-bond acceptors (Lipinski definition) is 4. The third kappa shape index (κ3) is 2.74. The number of rotatable bonds is 3. The lowest BCUT2D eigenvalue weighted by molar-refractivity contribution is -0.142. The first-order chi connectivity index (χ1) is 8.38. The lowest BCUT2D eigenvalue weighted by Gasteiger charge is -2.11. The summed E-state index contributed by atoms with van der Waals surface area (Å²) < 4.78 is 38.4. The predicted molar refractivity (Wildman–Crippen MR) is 57.4 cm³/mol. The number of carboxylic acids is 1. The SMILES string of the molecule is O=C(O)CSc1nc2c(c(C(F)(F)F)n1)CCC2. The molecule has 2 rings (SSSR count). The summed E-state index contributed by atoms with van der Waals surface area (Å²) in [4.78, 5) is 17.8. The Morgan fingerprint density at radius 2 is 2.06 bits per heavy atom. The molecule has 1 N–H and O–H groups in total. The molecule has 1 aliphatic carbocycles. The Kier molecular flexibility index (Phi) is 3.47. The van der Waals surface area contributed by atoms with Gasteiger partial charge in [-0.15, -0.1) is 0 Å². The maximum Gasteiger partial charge on any atom is 0.433 e. The van der Waals surface area contributed by atoms with Crippen LogP contribution in [-0.4, -0.2) is 26.8 Å². The van der Waals surface area contributed by atoms with E-state index < -0.39 is 17.8 Å². The van der Waals surface area contributed by atoms with Crippen LogP contribution in [0.25, 0.3) is 0 Å². The van der Waals surface area contributed by atoms with Crippen LogP contribution in [0.3, 0.4) is 0 Å². The largest absolute Gasteiger partial charge is 0.481 e. The topological polar surface area (TPSA) is 63.1 Å². The second-order valence-corrected chi connectivity index (χ2v) is 4.76. The number of hydrogen-bond donors (Lipinski definition) is 1. The van der Waals surface area contributed by atoms with Crippen LogP contribution in [0.5, 0.6) is 0 Å². The van der Waals surface area contributed by atoms with E-state index in [1.807, 2.05) is 0 Å². The van der Waals surface area contributed by atoms with Crippen LogP contribution in [0.1, 0.15) is 23.4 Å². The molecule has 0 amide bonds. The summed E-state index contributed by atoms with van der Waals surface area (Å²) >= 11 is 0.703. The van der Waals surface area contributed by atoms with Gasteiger partial charge in [-0.3, -0.25) is 4.79 Å². The molecule has 0 unspecified atom stereocenters. The van der Waals surface area contributed by atoms with Gasteiger partial charge in [0.15, 0.2) is 10.9 Å². The normalized spacial score (nSPS) is 14.6. The van der Waals surface area contributed by atoms with Crippen LogP contribution >= 0.6 is 11.8 Å². The fraction of sp³-hybridized carbons (Fsp3) is 0.500. The molecule has 18 heavy (non-hydrogen) atoms. The van der Waals surface area contributed by atoms with Gasteiger partial charge < -0.3 is 5.11 Å². The van der Waals surface area contributed by atoms with Gasteiger partial charge >= 0.3 is 12.1 Å². The summed E-state index contributed by atoms with van der Waals surface area (Å²) in [6.45, 7) is 0. The molecular weight excluding hydrogens is 269 g/mol. The summed E-state index contributed by atoms with van der Waals surface area (Å²) in [6, 6.07) is 0. The molecule has 0 spiro atoms. The van der Waals surface area contributed by atoms with Crippen molar-refractivity contribution in [3.05, 3.63) is 17.0 Å². The van der Waals surface area contributed by atoms with E-state index in [2.05, 4.69) is 9.97 Å². The predicted octanol–water partition coefficient (Wildman–Crippen LogP) is 2.16. The lowest BCUT2D eigenvalue weighted by Crippen LogP contribution is -2.14. The molecular formula is C10H9F3N2O2S. The van der Waals surface area contributed by atoms with Gasteiger partial charge in [-0.25, -0.2) is 9.97 Å². The zero-order valence-electron chi connectivity index (χ0n) is 9.12. The summed E-state index contributed by atoms with van der Waals surface area (Å²) in [7, 11) is 0. The van der Waals surface area contributed by atoms with Gasteiger partial charge in [0.1, 0.15) is 0 Å². The first kappa shape index (κ1) is 13.1. The van der Waals surface area contributed by atoms with E-state index in [0.717, 1.165) is 0 Å². The Balaban J connectivity index is 2.36. The molecule has 0 saturated carbocycles. The third-order valence-electron chi connectivity index (χ3n) is 2.51. The fourth-order valence-electron chi connectivity index (χ4n) is 1.84. The van der Waals surface area contributed by atoms with Crippen molar-refractivity contribution < 1.29 is 23.1 Å². The smallest absolute Gasteiger partial charge is 0.433 e. The minimum Gasteiger partial charge on any atom is -0.481 e. The van der Waals surface area contributed by atoms with Crippen molar-refractivity contribution in [2.24, 2.45) is 0 Å². The molecule has 0 aromatic carbocycles. The Labute approximate surface area is 105 Å². The zero-order valence-corrected chi connectivity index (χ0v) is 9.94. The van der Waals surface area contributed by atoms with Crippen molar-refractivity contribution in [2.75, 3.05) is 5.75 Å². The van der Waals surface area contributed by atoms with E-state index in [4.69, 9.17) is 5.11 Å². The molecule has 1 aromatic rings. The first-order valence-electron chi connectivity index (χ1n) is 5.19. The van der Waals surface area contributed by atoms with E-state index >= 15 is 0 Å². The van der Waals surface area contributed by atoms with Crippen LogP contribution in [0.2, 0.25) is 0 Å². The second kappa shape index (κ2) is 4.75. The summed E-state index contributed by atoms with van der Waals surface area (Å²) in [5.74, 6) is -1.46. The second-order valence-electron chi connectivity index (χ2n) is 3.81. The highest BCUT2D eigenvalue weighted by atomic mass is 32.2. The Morgan fingerprint density at radius 3 is 2.67 bits per heavy atom. The molecule has 4 nitrogen and oxygen atoms in total. The van der Waals surface area contributed by atoms with Crippen LogP contribution in [0, 0.1) is 0 Å². The standard InChI is InChI=1S/C10H9F3N2O2S/c11-10(12,13)8-5-2-1-3-6(5)14-9(15-8)18-4-7(16)17/h1-4H2,(H,16,17). The van der Waals surface area contributed by atoms with Crippen molar-refractivity contribution in [2.45, 2.75) is 30.6 Å². The number of nitrogens with zero attached hydrogens (tertiary/aromatic N) is 2. The number of fused-ring (bicyclic) bond motifs is 1. The number of aliphatic carboxylic acids is 1.